The smallest absolute Gasteiger partial charge is 0.408 e. The molecule has 55 heavy (non-hydrogen) atoms. The van der Waals surface area contributed by atoms with Gasteiger partial charge in [0.15, 0.2) is 11.5 Å². The lowest BCUT2D eigenvalue weighted by Crippen LogP contribution is -2.44. The number of aromatic nitrogens is 4. The summed E-state index contributed by atoms with van der Waals surface area (Å²) in [4.78, 5) is 51.4. The third-order valence-electron chi connectivity index (χ3n) is 8.75. The first-order chi connectivity index (χ1) is 26.4. The first kappa shape index (κ1) is 41.1. The molecule has 5 rings (SSSR count). The molecule has 2 heterocycles. The maximum atomic E-state index is 14.3. The topological polar surface area (TPSA) is 208 Å². The number of amides is 1. The maximum Gasteiger partial charge on any atom is 0.408 e. The van der Waals surface area contributed by atoms with Gasteiger partial charge >= 0.3 is 25.6 Å². The van der Waals surface area contributed by atoms with E-state index < -0.39 is 50.1 Å². The molecule has 0 saturated heterocycles. The molecule has 17 heteroatoms. The van der Waals surface area contributed by atoms with Crippen molar-refractivity contribution in [2.45, 2.75) is 110 Å². The van der Waals surface area contributed by atoms with E-state index in [1.165, 1.54) is 13.3 Å². The number of nitrogens with one attached hydrogen (secondary N) is 2. The van der Waals surface area contributed by atoms with Crippen LogP contribution in [0.2, 0.25) is 0 Å². The molecule has 1 saturated carbocycles. The molecule has 4 N–H and O–H groups in total. The predicted octanol–water partition coefficient (Wildman–Crippen LogP) is 5.69. The molecule has 4 atom stereocenters. The monoisotopic (exact) mass is 779 g/mol. The lowest BCUT2D eigenvalue weighted by molar-refractivity contribution is -0.153. The van der Waals surface area contributed by atoms with Crippen molar-refractivity contribution < 1.29 is 42.4 Å². The van der Waals surface area contributed by atoms with Crippen molar-refractivity contribution in [2.75, 3.05) is 12.1 Å². The number of carbonyl (C=O) groups excluding carboxylic acids is 3. The minimum Gasteiger partial charge on any atom is -0.462 e. The van der Waals surface area contributed by atoms with Crippen molar-refractivity contribution in [3.05, 3.63) is 78.4 Å². The van der Waals surface area contributed by atoms with Crippen molar-refractivity contribution in [1.29, 1.82) is 0 Å². The third kappa shape index (κ3) is 12.5. The highest BCUT2D eigenvalue weighted by Crippen LogP contribution is 2.44. The van der Waals surface area contributed by atoms with E-state index in [1.54, 1.807) is 55.9 Å². The SMILES string of the molecule is CC(C)OC(=O)[C@H](C)N[P@@](=O)(CO[C@H](C)Cn1cnc2c(N)ncnc21)Oc1ccc(C[C@H](NC(=O)OCc2ccccc2)C(=O)OC2CCCCC2)cc1. The number of hydrogen-bond donors (Lipinski definition) is 3. The first-order valence-electron chi connectivity index (χ1n) is 18.4. The third-order valence-corrected chi connectivity index (χ3v) is 10.5. The molecule has 0 unspecified atom stereocenters. The van der Waals surface area contributed by atoms with Crippen LogP contribution in [0, 0.1) is 0 Å². The Morgan fingerprint density at radius 3 is 2.36 bits per heavy atom. The molecule has 0 radical (unpaired) electrons. The van der Waals surface area contributed by atoms with Gasteiger partial charge in [-0.3, -0.25) is 9.36 Å². The normalized spacial score (nSPS) is 16.1. The zero-order chi connectivity index (χ0) is 39.4. The summed E-state index contributed by atoms with van der Waals surface area (Å²) in [5.74, 6) is -0.694. The van der Waals surface area contributed by atoms with Gasteiger partial charge in [0.05, 0.1) is 25.1 Å². The highest BCUT2D eigenvalue weighted by Gasteiger charge is 2.33. The van der Waals surface area contributed by atoms with Crippen LogP contribution >= 0.6 is 7.52 Å². The quantitative estimate of drug-likeness (QED) is 0.0631. The highest BCUT2D eigenvalue weighted by atomic mass is 31.2. The van der Waals surface area contributed by atoms with Gasteiger partial charge in [0, 0.05) is 6.42 Å². The number of nitrogens with zero attached hydrogens (tertiary/aromatic N) is 4. The van der Waals surface area contributed by atoms with Gasteiger partial charge in [0.2, 0.25) is 0 Å². The molecule has 0 bridgehead atoms. The molecule has 0 spiro atoms. The van der Waals surface area contributed by atoms with E-state index >= 15 is 0 Å². The fraction of sp³-hybridized carbons (Fsp3) is 0.474. The van der Waals surface area contributed by atoms with Crippen LogP contribution < -0.4 is 20.7 Å². The van der Waals surface area contributed by atoms with Gasteiger partial charge in [-0.1, -0.05) is 48.9 Å². The van der Waals surface area contributed by atoms with E-state index in [0.29, 0.717) is 23.3 Å². The summed E-state index contributed by atoms with van der Waals surface area (Å²) < 4.78 is 44.6. The lowest BCUT2D eigenvalue weighted by atomic mass is 9.97. The molecule has 0 aliphatic heterocycles. The van der Waals surface area contributed by atoms with E-state index in [9.17, 15) is 18.9 Å². The van der Waals surface area contributed by atoms with E-state index in [4.69, 9.17) is 29.2 Å². The Balaban J connectivity index is 1.26. The molecular formula is C38H50N7O9P. The number of alkyl carbamates (subject to hydrolysis) is 1. The Hall–Kier alpha value is -5.05. The summed E-state index contributed by atoms with van der Waals surface area (Å²) >= 11 is 0. The Morgan fingerprint density at radius 1 is 0.927 bits per heavy atom. The van der Waals surface area contributed by atoms with Crippen LogP contribution in [-0.4, -0.2) is 74.3 Å². The molecule has 4 aromatic rings. The van der Waals surface area contributed by atoms with Gasteiger partial charge in [-0.15, -0.1) is 0 Å². The van der Waals surface area contributed by atoms with Crippen molar-refractivity contribution in [1.82, 2.24) is 29.9 Å². The van der Waals surface area contributed by atoms with Crippen molar-refractivity contribution in [3.8, 4) is 5.75 Å². The fourth-order valence-electron chi connectivity index (χ4n) is 5.98. The number of anilines is 1. The molecule has 2 aromatic carbocycles. The van der Waals surface area contributed by atoms with Gasteiger partial charge in [-0.25, -0.2) is 29.6 Å². The van der Waals surface area contributed by atoms with E-state index in [1.807, 2.05) is 30.3 Å². The van der Waals surface area contributed by atoms with Gasteiger partial charge in [-0.05, 0) is 76.6 Å². The molecule has 1 amide bonds. The van der Waals surface area contributed by atoms with Crippen LogP contribution in [0.4, 0.5) is 10.6 Å². The summed E-state index contributed by atoms with van der Waals surface area (Å²) in [6, 6.07) is 13.8. The second-order valence-electron chi connectivity index (χ2n) is 13.8. The summed E-state index contributed by atoms with van der Waals surface area (Å²) in [5, 5.41) is 5.48. The van der Waals surface area contributed by atoms with Gasteiger partial charge in [0.1, 0.15) is 48.7 Å². The number of hydrogen-bond acceptors (Lipinski definition) is 13. The standard InChI is InChI=1S/C38H50N7O9P/c1-25(2)52-36(46)27(4)44-55(49,24-51-26(3)20-45-23-42-33-34(39)40-22-41-35(33)45)54-31-17-15-28(16-18-31)19-32(37(47)53-30-13-9-6-10-14-30)43-38(48)50-21-29-11-7-5-8-12-29/h5,7-8,11-12,15-18,22-23,25-27,30,32H,6,9-10,13-14,19-21,24H2,1-4H3,(H,43,48)(H,44,49)(H2,39,40,41)/t26-,27+,32+,55-/m1/s1. The van der Waals surface area contributed by atoms with Crippen LogP contribution in [0.5, 0.6) is 5.75 Å². The van der Waals surface area contributed by atoms with Crippen LogP contribution in [0.25, 0.3) is 11.2 Å². The largest absolute Gasteiger partial charge is 0.462 e. The molecule has 1 fully saturated rings. The lowest BCUT2D eigenvalue weighted by Gasteiger charge is -2.26. The number of nitrogen functional groups attached to an aromatic ring is 1. The number of nitrogens with two attached hydrogens (primary N) is 1. The number of benzene rings is 2. The minimum atomic E-state index is -3.92. The minimum absolute atomic E-state index is 0.0397. The van der Waals surface area contributed by atoms with Gasteiger partial charge in [0.25, 0.3) is 0 Å². The summed E-state index contributed by atoms with van der Waals surface area (Å²) in [6.07, 6.45) is 5.37. The number of esters is 2. The Morgan fingerprint density at radius 2 is 1.65 bits per heavy atom. The zero-order valence-electron chi connectivity index (χ0n) is 31.6. The molecule has 16 nitrogen and oxygen atoms in total. The maximum absolute atomic E-state index is 14.3. The molecule has 296 valence electrons. The van der Waals surface area contributed by atoms with E-state index in [2.05, 4.69) is 25.4 Å². The molecular weight excluding hydrogens is 729 g/mol. The van der Waals surface area contributed by atoms with Gasteiger partial charge < -0.3 is 39.1 Å². The molecule has 1 aliphatic rings. The number of ether oxygens (including phenoxy) is 4. The first-order valence-corrected chi connectivity index (χ1v) is 20.2. The fourth-order valence-corrected chi connectivity index (χ4v) is 7.77. The highest BCUT2D eigenvalue weighted by molar-refractivity contribution is 7.57. The van der Waals surface area contributed by atoms with Crippen molar-refractivity contribution in [2.24, 2.45) is 0 Å². The Bertz CT molecular complexity index is 1920. The molecule has 2 aromatic heterocycles. The number of fused-ring (bicyclic) bond motifs is 1. The van der Waals surface area contributed by atoms with Crippen LogP contribution in [0.15, 0.2) is 67.3 Å². The summed E-state index contributed by atoms with van der Waals surface area (Å²) in [7, 11) is -3.92. The second kappa shape index (κ2) is 19.5. The van der Waals surface area contributed by atoms with Crippen LogP contribution in [-0.2, 0) is 52.7 Å². The van der Waals surface area contributed by atoms with E-state index in [0.717, 1.165) is 37.7 Å². The Labute approximate surface area is 320 Å². The van der Waals surface area contributed by atoms with Crippen LogP contribution in [0.1, 0.15) is 70.9 Å². The second-order valence-corrected chi connectivity index (χ2v) is 15.9. The zero-order valence-corrected chi connectivity index (χ0v) is 32.5. The average molecular weight is 780 g/mol. The summed E-state index contributed by atoms with van der Waals surface area (Å²) in [6.45, 7) is 7.08. The number of carbonyl (C=O) groups is 3. The van der Waals surface area contributed by atoms with Crippen LogP contribution in [0.3, 0.4) is 0 Å². The number of rotatable bonds is 18. The summed E-state index contributed by atoms with van der Waals surface area (Å²) in [5.41, 5.74) is 8.37. The average Bonchev–Trinajstić information content (AvgIpc) is 3.57. The predicted molar refractivity (Wildman–Crippen MR) is 204 cm³/mol. The van der Waals surface area contributed by atoms with Gasteiger partial charge in [-0.2, -0.15) is 0 Å². The Kier molecular flexibility index (Phi) is 14.6. The van der Waals surface area contributed by atoms with E-state index in [-0.39, 0.29) is 36.8 Å². The van der Waals surface area contributed by atoms with Crippen molar-refractivity contribution in [3.63, 3.8) is 0 Å². The van der Waals surface area contributed by atoms with Crippen molar-refractivity contribution >= 4 is 42.5 Å². The molecule has 1 aliphatic carbocycles. The number of imidazole rings is 1.